The van der Waals surface area contributed by atoms with Crippen molar-refractivity contribution in [2.45, 2.75) is 88.2 Å². The van der Waals surface area contributed by atoms with E-state index < -0.39 is 61.4 Å². The lowest BCUT2D eigenvalue weighted by atomic mass is 9.97. The summed E-state index contributed by atoms with van der Waals surface area (Å²) >= 11 is 0. The molecule has 10 nitrogen and oxygen atoms in total. The molecule has 2 aliphatic heterocycles. The number of rotatable bonds is 12. The smallest absolute Gasteiger partial charge is 0.186 e. The second kappa shape index (κ2) is 15.3. The molecule has 0 bridgehead atoms. The number of aliphatic hydroxyl groups is 4. The van der Waals surface area contributed by atoms with E-state index in [2.05, 4.69) is 0 Å². The molecule has 0 aromatic heterocycles. The normalized spacial score (nSPS) is 32.9. The summed E-state index contributed by atoms with van der Waals surface area (Å²) in [6.07, 6.45) is -10.9. The molecule has 2 heterocycles. The second-order valence-corrected chi connectivity index (χ2v) is 10.9. The first-order chi connectivity index (χ1) is 20.9. The van der Waals surface area contributed by atoms with E-state index in [0.29, 0.717) is 0 Å². The number of hydrogen-bond acceptors (Lipinski definition) is 10. The van der Waals surface area contributed by atoms with Gasteiger partial charge in [0.1, 0.15) is 42.7 Å². The lowest BCUT2D eigenvalue weighted by molar-refractivity contribution is -0.336. The average Bonchev–Trinajstić information content (AvgIpc) is 3.04. The zero-order valence-electron chi connectivity index (χ0n) is 24.0. The SMILES string of the molecule is C[C@@H]1OC(OC[C@H]2O[C@H](O)[C@H](OCc3ccccc3)[C@@H](OCc3ccccc3)[C@@H]2OCc2ccccc2)[C@@H](O)[C@H](O)[C@@H]1O. The molecule has 0 saturated carbocycles. The molecule has 43 heavy (non-hydrogen) atoms. The van der Waals surface area contributed by atoms with Crippen LogP contribution in [0.5, 0.6) is 0 Å². The van der Waals surface area contributed by atoms with Gasteiger partial charge in [-0.2, -0.15) is 0 Å². The molecule has 232 valence electrons. The third kappa shape index (κ3) is 8.25. The molecule has 10 atom stereocenters. The maximum absolute atomic E-state index is 11.2. The Bertz CT molecular complexity index is 1220. The molecule has 3 aromatic rings. The van der Waals surface area contributed by atoms with E-state index in [1.165, 1.54) is 0 Å². The molecule has 3 aromatic carbocycles. The van der Waals surface area contributed by atoms with Crippen molar-refractivity contribution in [3.63, 3.8) is 0 Å². The highest BCUT2D eigenvalue weighted by Crippen LogP contribution is 2.31. The van der Waals surface area contributed by atoms with Gasteiger partial charge in [0.05, 0.1) is 32.5 Å². The van der Waals surface area contributed by atoms with Gasteiger partial charge in [0.25, 0.3) is 0 Å². The third-order valence-electron chi connectivity index (χ3n) is 7.70. The predicted molar refractivity (Wildman–Crippen MR) is 154 cm³/mol. The Morgan fingerprint density at radius 2 is 1.00 bits per heavy atom. The van der Waals surface area contributed by atoms with Gasteiger partial charge in [-0.05, 0) is 23.6 Å². The van der Waals surface area contributed by atoms with E-state index in [9.17, 15) is 20.4 Å². The first-order valence-corrected chi connectivity index (χ1v) is 14.5. The van der Waals surface area contributed by atoms with Gasteiger partial charge in [-0.1, -0.05) is 91.0 Å². The quantitative estimate of drug-likeness (QED) is 0.247. The molecular formula is C33H40O10. The van der Waals surface area contributed by atoms with Crippen LogP contribution in [0.4, 0.5) is 0 Å². The van der Waals surface area contributed by atoms with Gasteiger partial charge >= 0.3 is 0 Å². The lowest BCUT2D eigenvalue weighted by Gasteiger charge is -2.45. The minimum Gasteiger partial charge on any atom is -0.388 e. The van der Waals surface area contributed by atoms with Gasteiger partial charge in [0.15, 0.2) is 12.6 Å². The van der Waals surface area contributed by atoms with E-state index in [1.54, 1.807) is 6.92 Å². The van der Waals surface area contributed by atoms with Gasteiger partial charge in [-0.3, -0.25) is 0 Å². The number of ether oxygens (including phenoxy) is 6. The maximum atomic E-state index is 11.2. The maximum Gasteiger partial charge on any atom is 0.186 e. The van der Waals surface area contributed by atoms with Crippen LogP contribution in [0.2, 0.25) is 0 Å². The summed E-state index contributed by atoms with van der Waals surface area (Å²) in [4.78, 5) is 0. The monoisotopic (exact) mass is 596 g/mol. The van der Waals surface area contributed by atoms with Crippen molar-refractivity contribution in [3.8, 4) is 0 Å². The van der Waals surface area contributed by atoms with Crippen molar-refractivity contribution in [1.82, 2.24) is 0 Å². The summed E-state index contributed by atoms with van der Waals surface area (Å²) < 4.78 is 36.6. The highest BCUT2D eigenvalue weighted by molar-refractivity contribution is 5.15. The first-order valence-electron chi connectivity index (χ1n) is 14.5. The molecule has 0 radical (unpaired) electrons. The molecule has 10 heteroatoms. The van der Waals surface area contributed by atoms with Gasteiger partial charge in [0.2, 0.25) is 0 Å². The van der Waals surface area contributed by atoms with Crippen LogP contribution in [0, 0.1) is 0 Å². The van der Waals surface area contributed by atoms with Gasteiger partial charge < -0.3 is 48.8 Å². The average molecular weight is 597 g/mol. The second-order valence-electron chi connectivity index (χ2n) is 10.9. The van der Waals surface area contributed by atoms with Gasteiger partial charge in [0, 0.05) is 0 Å². The molecule has 1 unspecified atom stereocenters. The van der Waals surface area contributed by atoms with Crippen LogP contribution in [0.25, 0.3) is 0 Å². The molecule has 2 aliphatic rings. The predicted octanol–water partition coefficient (Wildman–Crippen LogP) is 2.30. The third-order valence-corrected chi connectivity index (χ3v) is 7.70. The van der Waals surface area contributed by atoms with Crippen molar-refractivity contribution in [2.75, 3.05) is 6.61 Å². The van der Waals surface area contributed by atoms with Crippen LogP contribution in [-0.4, -0.2) is 88.4 Å². The highest BCUT2D eigenvalue weighted by Gasteiger charge is 2.49. The van der Waals surface area contributed by atoms with E-state index in [0.717, 1.165) is 16.7 Å². The molecule has 2 saturated heterocycles. The van der Waals surface area contributed by atoms with Crippen molar-refractivity contribution < 1.29 is 48.8 Å². The van der Waals surface area contributed by atoms with Crippen LogP contribution in [0.1, 0.15) is 23.6 Å². The molecule has 0 aliphatic carbocycles. The Hall–Kier alpha value is -2.74. The Labute approximate surface area is 251 Å². The summed E-state index contributed by atoms with van der Waals surface area (Å²) in [5.74, 6) is 0. The summed E-state index contributed by atoms with van der Waals surface area (Å²) in [6.45, 7) is 2.07. The Balaban J connectivity index is 1.37. The van der Waals surface area contributed by atoms with Crippen LogP contribution < -0.4 is 0 Å². The fourth-order valence-electron chi connectivity index (χ4n) is 5.24. The van der Waals surface area contributed by atoms with E-state index in [4.69, 9.17) is 28.4 Å². The van der Waals surface area contributed by atoms with Crippen molar-refractivity contribution in [1.29, 1.82) is 0 Å². The minimum absolute atomic E-state index is 0.176. The summed E-state index contributed by atoms with van der Waals surface area (Å²) in [6, 6.07) is 28.9. The molecule has 2 fully saturated rings. The first kappa shape index (κ1) is 31.7. The van der Waals surface area contributed by atoms with Crippen LogP contribution in [-0.2, 0) is 48.2 Å². The zero-order valence-corrected chi connectivity index (χ0v) is 24.0. The summed E-state index contributed by atoms with van der Waals surface area (Å²) in [5, 5.41) is 42.0. The number of hydrogen-bond donors (Lipinski definition) is 4. The minimum atomic E-state index is -1.49. The molecule has 4 N–H and O–H groups in total. The van der Waals surface area contributed by atoms with E-state index in [1.807, 2.05) is 91.0 Å². The largest absolute Gasteiger partial charge is 0.388 e. The van der Waals surface area contributed by atoms with Gasteiger partial charge in [-0.15, -0.1) is 0 Å². The Kier molecular flexibility index (Phi) is 11.3. The lowest BCUT2D eigenvalue weighted by Crippen LogP contribution is -2.62. The Morgan fingerprint density at radius 1 is 0.535 bits per heavy atom. The van der Waals surface area contributed by atoms with Crippen molar-refractivity contribution >= 4 is 0 Å². The van der Waals surface area contributed by atoms with Crippen molar-refractivity contribution in [3.05, 3.63) is 108 Å². The van der Waals surface area contributed by atoms with E-state index in [-0.39, 0.29) is 26.4 Å². The van der Waals surface area contributed by atoms with Gasteiger partial charge in [-0.25, -0.2) is 0 Å². The van der Waals surface area contributed by atoms with Crippen LogP contribution >= 0.6 is 0 Å². The van der Waals surface area contributed by atoms with Crippen LogP contribution in [0.3, 0.4) is 0 Å². The fourth-order valence-corrected chi connectivity index (χ4v) is 5.24. The molecule has 0 amide bonds. The molecule has 0 spiro atoms. The number of aliphatic hydroxyl groups excluding tert-OH is 4. The van der Waals surface area contributed by atoms with Crippen LogP contribution in [0.15, 0.2) is 91.0 Å². The zero-order chi connectivity index (χ0) is 30.2. The molecule has 5 rings (SSSR count). The van der Waals surface area contributed by atoms with E-state index >= 15 is 0 Å². The standard InChI is InChI=1S/C33H40O10/c1-21-26(34)27(35)28(36)33(42-21)41-20-25-29(38-17-22-11-5-2-6-12-22)30(39-18-23-13-7-3-8-14-23)31(32(37)43-25)40-19-24-15-9-4-10-16-24/h2-16,21,25-37H,17-20H2,1H3/t21-,25+,26+,27+,28-,29+,30-,31+,32-,33?/m0/s1. The highest BCUT2D eigenvalue weighted by atomic mass is 16.7. The Morgan fingerprint density at radius 3 is 1.51 bits per heavy atom. The topological polar surface area (TPSA) is 136 Å². The number of benzene rings is 3. The molecular weight excluding hydrogens is 556 g/mol. The fraction of sp³-hybridized carbons (Fsp3) is 0.455. The summed E-state index contributed by atoms with van der Waals surface area (Å²) in [5.41, 5.74) is 2.77. The summed E-state index contributed by atoms with van der Waals surface area (Å²) in [7, 11) is 0. The van der Waals surface area contributed by atoms with Crippen molar-refractivity contribution in [2.24, 2.45) is 0 Å².